The van der Waals surface area contributed by atoms with Gasteiger partial charge in [-0.3, -0.25) is 0 Å². The average Bonchev–Trinajstić information content (AvgIpc) is 3.01. The minimum Gasteiger partial charge on any atom is -0.223 e. The van der Waals surface area contributed by atoms with E-state index < -0.39 is 27.3 Å². The second-order valence-electron chi connectivity index (χ2n) is 8.53. The van der Waals surface area contributed by atoms with Gasteiger partial charge in [0.1, 0.15) is 0 Å². The third kappa shape index (κ3) is 5.13. The number of benzene rings is 4. The summed E-state index contributed by atoms with van der Waals surface area (Å²) >= 11 is 1.78. The van der Waals surface area contributed by atoms with Crippen molar-refractivity contribution in [1.29, 1.82) is 0 Å². The highest BCUT2D eigenvalue weighted by atomic mass is 32.2. The van der Waals surface area contributed by atoms with Crippen LogP contribution in [0, 0.1) is 0 Å². The number of thioether (sulfide) groups is 1. The van der Waals surface area contributed by atoms with Gasteiger partial charge in [0.2, 0.25) is 0 Å². The van der Waals surface area contributed by atoms with Crippen molar-refractivity contribution in [2.24, 2.45) is 0 Å². The average molecular weight is 523 g/mol. The number of fused-ring (bicyclic) bond motifs is 2. The van der Waals surface area contributed by atoms with Crippen LogP contribution in [-0.2, 0) is 27.5 Å². The van der Waals surface area contributed by atoms with Crippen LogP contribution in [0.1, 0.15) is 33.4 Å². The van der Waals surface area contributed by atoms with E-state index in [0.717, 1.165) is 40.1 Å². The maximum atomic E-state index is 13.1. The van der Waals surface area contributed by atoms with Gasteiger partial charge in [0, 0.05) is 10.6 Å². The Morgan fingerprint density at radius 1 is 0.806 bits per heavy atom. The standard InChI is InChI=1S/C29H21F3O2S2/c30-29(31,32)23-10-6-11-24(17-23)36(33,34)19-21-8-5-7-20(15-21)16-27-25-12-2-1-9-22(25)18-35-28-14-4-3-13-26(27)28/h1-17H,18-19H2/b27-16+. The SMILES string of the molecule is O=S(=O)(Cc1cccc(/C=C2\c3ccccc3CSc3ccccc32)c1)c1cccc(C(F)(F)F)c1. The van der Waals surface area contributed by atoms with E-state index in [-0.39, 0.29) is 4.90 Å². The molecule has 0 N–H and O–H groups in total. The topological polar surface area (TPSA) is 34.1 Å². The van der Waals surface area contributed by atoms with Crippen molar-refractivity contribution in [2.45, 2.75) is 27.5 Å². The van der Waals surface area contributed by atoms with E-state index >= 15 is 0 Å². The number of sulfone groups is 1. The fraction of sp³-hybridized carbons (Fsp3) is 0.103. The predicted octanol–water partition coefficient (Wildman–Crippen LogP) is 7.87. The summed E-state index contributed by atoms with van der Waals surface area (Å²) in [4.78, 5) is 0.827. The van der Waals surface area contributed by atoms with Gasteiger partial charge in [0.25, 0.3) is 0 Å². The van der Waals surface area contributed by atoms with Crippen molar-refractivity contribution in [2.75, 3.05) is 0 Å². The Balaban J connectivity index is 1.52. The Kier molecular flexibility index (Phi) is 6.53. The summed E-state index contributed by atoms with van der Waals surface area (Å²) in [6, 6.07) is 27.4. The normalized spacial score (nSPS) is 14.7. The molecule has 0 radical (unpaired) electrons. The van der Waals surface area contributed by atoms with Crippen LogP contribution in [-0.4, -0.2) is 8.42 Å². The van der Waals surface area contributed by atoms with Crippen molar-refractivity contribution in [1.82, 2.24) is 0 Å². The zero-order valence-corrected chi connectivity index (χ0v) is 20.6. The molecule has 0 fully saturated rings. The Morgan fingerprint density at radius 2 is 1.53 bits per heavy atom. The van der Waals surface area contributed by atoms with Gasteiger partial charge in [-0.2, -0.15) is 13.2 Å². The molecule has 5 rings (SSSR count). The van der Waals surface area contributed by atoms with Crippen molar-refractivity contribution >= 4 is 33.2 Å². The molecule has 36 heavy (non-hydrogen) atoms. The lowest BCUT2D eigenvalue weighted by Crippen LogP contribution is -2.09. The predicted molar refractivity (Wildman–Crippen MR) is 138 cm³/mol. The van der Waals surface area contributed by atoms with Gasteiger partial charge in [0.15, 0.2) is 9.84 Å². The van der Waals surface area contributed by atoms with Crippen LogP contribution in [0.25, 0.3) is 11.6 Å². The molecule has 1 aliphatic rings. The van der Waals surface area contributed by atoms with Crippen molar-refractivity contribution in [3.05, 3.63) is 130 Å². The Labute approximate surface area is 212 Å². The summed E-state index contributed by atoms with van der Waals surface area (Å²) < 4.78 is 65.2. The van der Waals surface area contributed by atoms with Crippen molar-refractivity contribution < 1.29 is 21.6 Å². The van der Waals surface area contributed by atoms with Crippen LogP contribution in [0.5, 0.6) is 0 Å². The molecule has 0 atom stereocenters. The molecule has 0 aromatic heterocycles. The second-order valence-corrected chi connectivity index (χ2v) is 11.5. The third-order valence-electron chi connectivity index (χ3n) is 6.01. The minimum atomic E-state index is -4.61. The van der Waals surface area contributed by atoms with Gasteiger partial charge in [-0.25, -0.2) is 8.42 Å². The third-order valence-corrected chi connectivity index (χ3v) is 8.82. The van der Waals surface area contributed by atoms with Crippen LogP contribution in [0.2, 0.25) is 0 Å². The summed E-state index contributed by atoms with van der Waals surface area (Å²) in [5.41, 5.74) is 4.83. The van der Waals surface area contributed by atoms with Gasteiger partial charge in [-0.1, -0.05) is 72.8 Å². The first-order valence-electron chi connectivity index (χ1n) is 11.2. The molecule has 4 aromatic carbocycles. The molecular formula is C29H21F3O2S2. The first-order chi connectivity index (χ1) is 17.2. The number of rotatable bonds is 4. The fourth-order valence-corrected chi connectivity index (χ4v) is 6.74. The zero-order valence-electron chi connectivity index (χ0n) is 19.0. The van der Waals surface area contributed by atoms with E-state index in [1.54, 1.807) is 30.0 Å². The summed E-state index contributed by atoms with van der Waals surface area (Å²) in [5.74, 6) is 0.453. The minimum absolute atomic E-state index is 0.343. The molecule has 0 unspecified atom stereocenters. The highest BCUT2D eigenvalue weighted by Crippen LogP contribution is 2.41. The second kappa shape index (κ2) is 9.64. The first-order valence-corrected chi connectivity index (χ1v) is 13.9. The smallest absolute Gasteiger partial charge is 0.223 e. The van der Waals surface area contributed by atoms with Crippen LogP contribution in [0.15, 0.2) is 107 Å². The van der Waals surface area contributed by atoms with Gasteiger partial charge >= 0.3 is 6.18 Å². The summed E-state index contributed by atoms with van der Waals surface area (Å²) in [5, 5.41) is 0. The molecule has 4 aromatic rings. The van der Waals surface area contributed by atoms with Gasteiger partial charge in [-0.15, -0.1) is 11.8 Å². The summed E-state index contributed by atoms with van der Waals surface area (Å²) in [6.45, 7) is 0. The molecule has 1 heterocycles. The summed E-state index contributed by atoms with van der Waals surface area (Å²) in [6.07, 6.45) is -2.56. The fourth-order valence-electron chi connectivity index (χ4n) is 4.29. The maximum Gasteiger partial charge on any atom is 0.416 e. The molecule has 1 aliphatic heterocycles. The van der Waals surface area contributed by atoms with E-state index in [4.69, 9.17) is 0 Å². The number of halogens is 3. The van der Waals surface area contributed by atoms with E-state index in [9.17, 15) is 21.6 Å². The maximum absolute atomic E-state index is 13.1. The van der Waals surface area contributed by atoms with E-state index in [0.29, 0.717) is 11.6 Å². The van der Waals surface area contributed by atoms with Gasteiger partial charge < -0.3 is 0 Å². The highest BCUT2D eigenvalue weighted by Gasteiger charge is 2.31. The monoisotopic (exact) mass is 522 g/mol. The summed E-state index contributed by atoms with van der Waals surface area (Å²) in [7, 11) is -3.97. The van der Waals surface area contributed by atoms with E-state index in [1.165, 1.54) is 16.5 Å². The van der Waals surface area contributed by atoms with Gasteiger partial charge in [0.05, 0.1) is 16.2 Å². The Morgan fingerprint density at radius 3 is 2.33 bits per heavy atom. The van der Waals surface area contributed by atoms with Crippen LogP contribution in [0.4, 0.5) is 13.2 Å². The Hall–Kier alpha value is -3.29. The van der Waals surface area contributed by atoms with Crippen LogP contribution < -0.4 is 0 Å². The molecule has 0 amide bonds. The molecule has 0 saturated carbocycles. The highest BCUT2D eigenvalue weighted by molar-refractivity contribution is 7.98. The molecule has 0 bridgehead atoms. The lowest BCUT2D eigenvalue weighted by atomic mass is 9.92. The molecular weight excluding hydrogens is 501 g/mol. The zero-order chi connectivity index (χ0) is 25.3. The van der Waals surface area contributed by atoms with E-state index in [2.05, 4.69) is 24.3 Å². The molecule has 2 nitrogen and oxygen atoms in total. The number of hydrogen-bond acceptors (Lipinski definition) is 3. The van der Waals surface area contributed by atoms with E-state index in [1.807, 2.05) is 36.4 Å². The van der Waals surface area contributed by atoms with Crippen LogP contribution >= 0.6 is 11.8 Å². The molecule has 0 saturated heterocycles. The molecule has 7 heteroatoms. The first kappa shape index (κ1) is 24.4. The lowest BCUT2D eigenvalue weighted by molar-refractivity contribution is -0.137. The lowest BCUT2D eigenvalue weighted by Gasteiger charge is -2.12. The quantitative estimate of drug-likeness (QED) is 0.273. The molecule has 182 valence electrons. The Bertz CT molecular complexity index is 1520. The molecule has 0 spiro atoms. The van der Waals surface area contributed by atoms with Gasteiger partial charge in [-0.05, 0) is 63.7 Å². The number of alkyl halides is 3. The number of hydrogen-bond donors (Lipinski definition) is 0. The largest absolute Gasteiger partial charge is 0.416 e. The van der Waals surface area contributed by atoms with Crippen LogP contribution in [0.3, 0.4) is 0 Å². The van der Waals surface area contributed by atoms with Crippen molar-refractivity contribution in [3.8, 4) is 0 Å². The molecule has 0 aliphatic carbocycles. The van der Waals surface area contributed by atoms with Crippen molar-refractivity contribution in [3.63, 3.8) is 0 Å².